The van der Waals surface area contributed by atoms with Crippen LogP contribution in [-0.2, 0) is 9.53 Å². The molecule has 1 aromatic rings. The number of hydrogen-bond acceptors (Lipinski definition) is 5. The number of benzene rings is 1. The van der Waals surface area contributed by atoms with Gasteiger partial charge in [-0.25, -0.2) is 0 Å². The summed E-state index contributed by atoms with van der Waals surface area (Å²) in [4.78, 5) is 14.4. The fourth-order valence-corrected chi connectivity index (χ4v) is 3.25. The van der Waals surface area contributed by atoms with Gasteiger partial charge in [-0.05, 0) is 44.5 Å². The van der Waals surface area contributed by atoms with Crippen LogP contribution in [0, 0.1) is 12.3 Å². The third-order valence-electron chi connectivity index (χ3n) is 4.84. The molecule has 6 heteroatoms. The van der Waals surface area contributed by atoms with Gasteiger partial charge in [-0.2, -0.15) is 0 Å². The largest absolute Gasteiger partial charge is 0.495 e. The maximum Gasteiger partial charge on any atom is 0.225 e. The standard InChI is InChI=1S/C19H30N2O4/c1-15-4-5-17(24-3)16(12-15)20-18(23)6-9-21(2)13-19(14-22)7-10-25-11-8-19/h4-5,12,22H,6-11,13-14H2,1-3H3,(H,20,23). The molecule has 0 aliphatic carbocycles. The fraction of sp³-hybridized carbons (Fsp3) is 0.632. The molecule has 25 heavy (non-hydrogen) atoms. The first-order valence-corrected chi connectivity index (χ1v) is 8.80. The van der Waals surface area contributed by atoms with Crippen LogP contribution in [0.15, 0.2) is 18.2 Å². The number of carbonyl (C=O) groups excluding carboxylic acids is 1. The zero-order chi connectivity index (χ0) is 18.3. The second-order valence-corrected chi connectivity index (χ2v) is 7.01. The van der Waals surface area contributed by atoms with E-state index >= 15 is 0 Å². The van der Waals surface area contributed by atoms with Gasteiger partial charge in [0.25, 0.3) is 0 Å². The van der Waals surface area contributed by atoms with Crippen LogP contribution in [0.5, 0.6) is 5.75 Å². The van der Waals surface area contributed by atoms with Gasteiger partial charge in [0, 0.05) is 38.1 Å². The Morgan fingerprint density at radius 3 is 2.76 bits per heavy atom. The Bertz CT molecular complexity index is 571. The fourth-order valence-electron chi connectivity index (χ4n) is 3.25. The number of amides is 1. The lowest BCUT2D eigenvalue weighted by Crippen LogP contribution is -2.43. The van der Waals surface area contributed by atoms with Crippen molar-refractivity contribution in [3.8, 4) is 5.75 Å². The number of aryl methyl sites for hydroxylation is 1. The Hall–Kier alpha value is -1.63. The topological polar surface area (TPSA) is 71.0 Å². The van der Waals surface area contributed by atoms with Gasteiger partial charge in [-0.1, -0.05) is 6.07 Å². The van der Waals surface area contributed by atoms with Gasteiger partial charge in [0.15, 0.2) is 0 Å². The number of aliphatic hydroxyl groups excluding tert-OH is 1. The Morgan fingerprint density at radius 2 is 2.12 bits per heavy atom. The van der Waals surface area contributed by atoms with Crippen LogP contribution < -0.4 is 10.1 Å². The molecule has 140 valence electrons. The second-order valence-electron chi connectivity index (χ2n) is 7.01. The predicted molar refractivity (Wildman–Crippen MR) is 98.0 cm³/mol. The average molecular weight is 350 g/mol. The average Bonchev–Trinajstić information content (AvgIpc) is 2.61. The van der Waals surface area contributed by atoms with Crippen molar-refractivity contribution < 1.29 is 19.4 Å². The highest BCUT2D eigenvalue weighted by molar-refractivity contribution is 5.92. The highest BCUT2D eigenvalue weighted by atomic mass is 16.5. The van der Waals surface area contributed by atoms with Crippen molar-refractivity contribution in [2.75, 3.05) is 52.4 Å². The molecular weight excluding hydrogens is 320 g/mol. The lowest BCUT2D eigenvalue weighted by atomic mass is 9.80. The summed E-state index contributed by atoms with van der Waals surface area (Å²) < 4.78 is 10.7. The molecule has 0 aromatic heterocycles. The van der Waals surface area contributed by atoms with Crippen molar-refractivity contribution in [2.45, 2.75) is 26.2 Å². The summed E-state index contributed by atoms with van der Waals surface area (Å²) in [5, 5.41) is 12.7. The summed E-state index contributed by atoms with van der Waals surface area (Å²) in [5.41, 5.74) is 1.66. The zero-order valence-corrected chi connectivity index (χ0v) is 15.5. The Balaban J connectivity index is 1.84. The van der Waals surface area contributed by atoms with Gasteiger partial charge >= 0.3 is 0 Å². The van der Waals surface area contributed by atoms with Crippen molar-refractivity contribution in [2.24, 2.45) is 5.41 Å². The van der Waals surface area contributed by atoms with E-state index in [4.69, 9.17) is 9.47 Å². The highest BCUT2D eigenvalue weighted by Gasteiger charge is 2.33. The van der Waals surface area contributed by atoms with Crippen LogP contribution in [-0.4, -0.2) is 63.0 Å². The molecule has 1 aliphatic rings. The number of anilines is 1. The molecule has 0 atom stereocenters. The number of rotatable bonds is 8. The van der Waals surface area contributed by atoms with E-state index in [1.165, 1.54) is 0 Å². The molecule has 6 nitrogen and oxygen atoms in total. The van der Waals surface area contributed by atoms with Crippen LogP contribution >= 0.6 is 0 Å². The van der Waals surface area contributed by atoms with E-state index < -0.39 is 0 Å². The van der Waals surface area contributed by atoms with Crippen LogP contribution in [0.4, 0.5) is 5.69 Å². The first kappa shape index (κ1) is 19.7. The molecule has 0 bridgehead atoms. The number of nitrogens with zero attached hydrogens (tertiary/aromatic N) is 1. The van der Waals surface area contributed by atoms with Crippen molar-refractivity contribution in [1.29, 1.82) is 0 Å². The van der Waals surface area contributed by atoms with Crippen molar-refractivity contribution in [3.05, 3.63) is 23.8 Å². The molecule has 0 unspecified atom stereocenters. The van der Waals surface area contributed by atoms with Gasteiger partial charge in [0.1, 0.15) is 5.75 Å². The summed E-state index contributed by atoms with van der Waals surface area (Å²) in [6.45, 7) is 4.94. The number of hydrogen-bond donors (Lipinski definition) is 2. The summed E-state index contributed by atoms with van der Waals surface area (Å²) >= 11 is 0. The summed E-state index contributed by atoms with van der Waals surface area (Å²) in [5.74, 6) is 0.620. The SMILES string of the molecule is COc1ccc(C)cc1NC(=O)CCN(C)CC1(CO)CCOCC1. The van der Waals surface area contributed by atoms with Crippen molar-refractivity contribution >= 4 is 11.6 Å². The minimum absolute atomic E-state index is 0.0409. The molecule has 0 spiro atoms. The summed E-state index contributed by atoms with van der Waals surface area (Å²) in [6.07, 6.45) is 2.12. The van der Waals surface area contributed by atoms with E-state index in [0.717, 1.165) is 24.9 Å². The third-order valence-corrected chi connectivity index (χ3v) is 4.84. The molecule has 1 amide bonds. The van der Waals surface area contributed by atoms with Crippen molar-refractivity contribution in [1.82, 2.24) is 4.90 Å². The second kappa shape index (κ2) is 9.17. The number of ether oxygens (including phenoxy) is 2. The number of methoxy groups -OCH3 is 1. The number of carbonyl (C=O) groups is 1. The maximum atomic E-state index is 12.3. The quantitative estimate of drug-likeness (QED) is 0.751. The van der Waals surface area contributed by atoms with Gasteiger partial charge in [-0.3, -0.25) is 4.79 Å². The molecule has 1 heterocycles. The van der Waals surface area contributed by atoms with Gasteiger partial charge in [-0.15, -0.1) is 0 Å². The molecule has 1 saturated heterocycles. The van der Waals surface area contributed by atoms with Gasteiger partial charge < -0.3 is 24.8 Å². The first-order valence-electron chi connectivity index (χ1n) is 8.80. The number of aliphatic hydroxyl groups is 1. The molecular formula is C19H30N2O4. The van der Waals surface area contributed by atoms with E-state index in [1.807, 2.05) is 32.2 Å². The van der Waals surface area contributed by atoms with E-state index in [9.17, 15) is 9.90 Å². The third kappa shape index (κ3) is 5.70. The van der Waals surface area contributed by atoms with E-state index in [0.29, 0.717) is 37.6 Å². The molecule has 1 aromatic carbocycles. The van der Waals surface area contributed by atoms with E-state index in [1.54, 1.807) is 7.11 Å². The molecule has 1 fully saturated rings. The van der Waals surface area contributed by atoms with Gasteiger partial charge in [0.2, 0.25) is 5.91 Å². The maximum absolute atomic E-state index is 12.3. The van der Waals surface area contributed by atoms with Crippen LogP contribution in [0.25, 0.3) is 0 Å². The molecule has 2 N–H and O–H groups in total. The zero-order valence-electron chi connectivity index (χ0n) is 15.5. The number of nitrogens with one attached hydrogen (secondary N) is 1. The molecule has 0 radical (unpaired) electrons. The molecule has 1 aliphatic heterocycles. The normalized spacial score (nSPS) is 16.7. The lowest BCUT2D eigenvalue weighted by Gasteiger charge is -2.38. The highest BCUT2D eigenvalue weighted by Crippen LogP contribution is 2.30. The van der Waals surface area contributed by atoms with Crippen molar-refractivity contribution in [3.63, 3.8) is 0 Å². The molecule has 0 saturated carbocycles. The smallest absolute Gasteiger partial charge is 0.225 e. The minimum Gasteiger partial charge on any atom is -0.495 e. The Labute approximate surface area is 150 Å². The summed E-state index contributed by atoms with van der Waals surface area (Å²) in [7, 11) is 3.59. The van der Waals surface area contributed by atoms with E-state index in [-0.39, 0.29) is 17.9 Å². The minimum atomic E-state index is -0.108. The Kier molecular flexibility index (Phi) is 7.23. The van der Waals surface area contributed by atoms with Gasteiger partial charge in [0.05, 0.1) is 19.4 Å². The van der Waals surface area contributed by atoms with Crippen LogP contribution in [0.1, 0.15) is 24.8 Å². The van der Waals surface area contributed by atoms with E-state index in [2.05, 4.69) is 10.2 Å². The summed E-state index contributed by atoms with van der Waals surface area (Å²) in [6, 6.07) is 5.71. The monoisotopic (exact) mass is 350 g/mol. The first-order chi connectivity index (χ1) is 12.0. The Morgan fingerprint density at radius 1 is 1.40 bits per heavy atom. The lowest BCUT2D eigenvalue weighted by molar-refractivity contribution is -0.116. The van der Waals surface area contributed by atoms with Crippen LogP contribution in [0.2, 0.25) is 0 Å². The predicted octanol–water partition coefficient (Wildman–Crippen LogP) is 2.05. The van der Waals surface area contributed by atoms with Crippen LogP contribution in [0.3, 0.4) is 0 Å². The molecule has 2 rings (SSSR count).